The minimum absolute atomic E-state index is 0.483. The smallest absolute Gasteiger partial charge is 0.150 e. The van der Waals surface area contributed by atoms with Gasteiger partial charge in [0.25, 0.3) is 0 Å². The lowest BCUT2D eigenvalue weighted by atomic mass is 10.2. The van der Waals surface area contributed by atoms with E-state index in [-0.39, 0.29) is 0 Å². The van der Waals surface area contributed by atoms with Gasteiger partial charge in [-0.15, -0.1) is 0 Å². The Hall–Kier alpha value is -2.30. The van der Waals surface area contributed by atoms with Crippen LogP contribution < -0.4 is 0 Å². The minimum Gasteiger partial charge on any atom is -0.248 e. The average Bonchev–Trinajstić information content (AvgIpc) is 2.58. The Bertz CT molecular complexity index is 1020. The van der Waals surface area contributed by atoms with Crippen molar-refractivity contribution < 1.29 is 0 Å². The Balaban J connectivity index is 0.000000151. The number of hydrogen-bond donors (Lipinski definition) is 0. The molecule has 0 N–H and O–H groups in total. The number of aromatic nitrogens is 4. The van der Waals surface area contributed by atoms with Gasteiger partial charge in [-0.2, -0.15) is 0 Å². The monoisotopic (exact) mass is 384 g/mol. The molecule has 132 valence electrons. The first-order valence-electron chi connectivity index (χ1n) is 8.14. The third-order valence-corrected chi connectivity index (χ3v) is 4.59. The molecule has 0 atom stereocenters. The van der Waals surface area contributed by atoms with Gasteiger partial charge in [0.05, 0.1) is 33.5 Å². The Morgan fingerprint density at radius 2 is 0.923 bits per heavy atom. The van der Waals surface area contributed by atoms with Crippen LogP contribution in [0.25, 0.3) is 22.1 Å². The van der Waals surface area contributed by atoms with Gasteiger partial charge in [0.1, 0.15) is 0 Å². The lowest BCUT2D eigenvalue weighted by molar-refractivity contribution is 1.18. The largest absolute Gasteiger partial charge is 0.248 e. The van der Waals surface area contributed by atoms with Crippen molar-refractivity contribution in [3.63, 3.8) is 0 Å². The SMILES string of the molecule is Cc1ccc2nc(C)c(Cl)nc2c1.Cc1ccc2nc(Cl)c(C)nc2c1. The van der Waals surface area contributed by atoms with Crippen molar-refractivity contribution in [3.05, 3.63) is 69.2 Å². The number of hydrogen-bond acceptors (Lipinski definition) is 4. The van der Waals surface area contributed by atoms with Crippen LogP contribution in [0, 0.1) is 27.7 Å². The van der Waals surface area contributed by atoms with E-state index in [4.69, 9.17) is 23.2 Å². The first-order chi connectivity index (χ1) is 12.3. The summed E-state index contributed by atoms with van der Waals surface area (Å²) in [5.74, 6) is 0. The zero-order valence-corrected chi connectivity index (χ0v) is 16.5. The second-order valence-electron chi connectivity index (χ2n) is 6.18. The summed E-state index contributed by atoms with van der Waals surface area (Å²) in [6, 6.07) is 11.9. The van der Waals surface area contributed by atoms with Gasteiger partial charge in [-0.1, -0.05) is 35.3 Å². The van der Waals surface area contributed by atoms with Crippen molar-refractivity contribution in [1.82, 2.24) is 19.9 Å². The molecule has 0 fully saturated rings. The van der Waals surface area contributed by atoms with Gasteiger partial charge in [-0.05, 0) is 63.1 Å². The predicted octanol–water partition coefficient (Wildman–Crippen LogP) is 5.80. The van der Waals surface area contributed by atoms with Crippen LogP contribution in [-0.2, 0) is 0 Å². The van der Waals surface area contributed by atoms with E-state index in [1.807, 2.05) is 64.1 Å². The van der Waals surface area contributed by atoms with E-state index in [1.54, 1.807) is 0 Å². The second-order valence-corrected chi connectivity index (χ2v) is 6.90. The topological polar surface area (TPSA) is 51.6 Å². The molecular weight excluding hydrogens is 367 g/mol. The van der Waals surface area contributed by atoms with Gasteiger partial charge in [-0.25, -0.2) is 19.9 Å². The van der Waals surface area contributed by atoms with E-state index in [0.29, 0.717) is 10.3 Å². The summed E-state index contributed by atoms with van der Waals surface area (Å²) in [5, 5.41) is 0.967. The summed E-state index contributed by atoms with van der Waals surface area (Å²) in [4.78, 5) is 17.1. The minimum atomic E-state index is 0.483. The summed E-state index contributed by atoms with van der Waals surface area (Å²) >= 11 is 11.7. The maximum atomic E-state index is 5.87. The van der Waals surface area contributed by atoms with E-state index in [2.05, 4.69) is 19.9 Å². The van der Waals surface area contributed by atoms with E-state index < -0.39 is 0 Å². The van der Waals surface area contributed by atoms with Crippen LogP contribution >= 0.6 is 23.2 Å². The number of rotatable bonds is 0. The molecule has 4 nitrogen and oxygen atoms in total. The van der Waals surface area contributed by atoms with Crippen LogP contribution in [-0.4, -0.2) is 19.9 Å². The van der Waals surface area contributed by atoms with Gasteiger partial charge in [-0.3, -0.25) is 0 Å². The lowest BCUT2D eigenvalue weighted by Gasteiger charge is -2.00. The molecule has 2 aromatic carbocycles. The normalized spacial score (nSPS) is 10.7. The fraction of sp³-hybridized carbons (Fsp3) is 0.200. The molecule has 0 saturated carbocycles. The van der Waals surface area contributed by atoms with Crippen LogP contribution in [0.1, 0.15) is 22.5 Å². The predicted molar refractivity (Wildman–Crippen MR) is 108 cm³/mol. The first-order valence-corrected chi connectivity index (χ1v) is 8.90. The van der Waals surface area contributed by atoms with Gasteiger partial charge in [0, 0.05) is 0 Å². The quantitative estimate of drug-likeness (QED) is 0.384. The molecule has 0 spiro atoms. The molecule has 0 radical (unpaired) electrons. The van der Waals surface area contributed by atoms with Crippen LogP contribution in [0.5, 0.6) is 0 Å². The van der Waals surface area contributed by atoms with E-state index in [1.165, 1.54) is 11.1 Å². The fourth-order valence-electron chi connectivity index (χ4n) is 2.46. The summed E-state index contributed by atoms with van der Waals surface area (Å²) < 4.78 is 0. The number of halogens is 2. The molecule has 0 amide bonds. The Morgan fingerprint density at radius 1 is 0.538 bits per heavy atom. The second kappa shape index (κ2) is 7.52. The summed E-state index contributed by atoms with van der Waals surface area (Å²) in [6.07, 6.45) is 0. The molecule has 26 heavy (non-hydrogen) atoms. The molecular formula is C20H18Cl2N4. The molecule has 2 heterocycles. The molecule has 0 aliphatic rings. The average molecular weight is 385 g/mol. The highest BCUT2D eigenvalue weighted by Crippen LogP contribution is 2.18. The molecule has 0 aliphatic heterocycles. The van der Waals surface area contributed by atoms with Crippen molar-refractivity contribution >= 4 is 45.3 Å². The molecule has 6 heteroatoms. The lowest BCUT2D eigenvalue weighted by Crippen LogP contribution is -1.89. The highest BCUT2D eigenvalue weighted by Gasteiger charge is 2.02. The van der Waals surface area contributed by atoms with Crippen molar-refractivity contribution in [2.24, 2.45) is 0 Å². The molecule has 0 bridgehead atoms. The highest BCUT2D eigenvalue weighted by atomic mass is 35.5. The van der Waals surface area contributed by atoms with Crippen molar-refractivity contribution in [2.45, 2.75) is 27.7 Å². The number of benzene rings is 2. The Morgan fingerprint density at radius 3 is 1.46 bits per heavy atom. The third kappa shape index (κ3) is 4.09. The van der Waals surface area contributed by atoms with E-state index in [0.717, 1.165) is 33.5 Å². The van der Waals surface area contributed by atoms with Crippen LogP contribution in [0.15, 0.2) is 36.4 Å². The highest BCUT2D eigenvalue weighted by molar-refractivity contribution is 6.30. The molecule has 4 aromatic rings. The van der Waals surface area contributed by atoms with Crippen molar-refractivity contribution in [1.29, 1.82) is 0 Å². The Labute approximate surface area is 162 Å². The molecule has 0 unspecified atom stereocenters. The van der Waals surface area contributed by atoms with Crippen molar-refractivity contribution in [2.75, 3.05) is 0 Å². The summed E-state index contributed by atoms with van der Waals surface area (Å²) in [7, 11) is 0. The van der Waals surface area contributed by atoms with Gasteiger partial charge >= 0.3 is 0 Å². The van der Waals surface area contributed by atoms with Gasteiger partial charge in [0.2, 0.25) is 0 Å². The maximum Gasteiger partial charge on any atom is 0.150 e. The molecule has 4 rings (SSSR count). The molecule has 2 aromatic heterocycles. The van der Waals surface area contributed by atoms with Crippen LogP contribution in [0.2, 0.25) is 10.3 Å². The number of aryl methyl sites for hydroxylation is 4. The summed E-state index contributed by atoms with van der Waals surface area (Å²) in [5.41, 5.74) is 7.41. The Kier molecular flexibility index (Phi) is 5.35. The van der Waals surface area contributed by atoms with Crippen LogP contribution in [0.3, 0.4) is 0 Å². The number of nitrogens with zero attached hydrogens (tertiary/aromatic N) is 4. The third-order valence-electron chi connectivity index (χ3n) is 3.87. The van der Waals surface area contributed by atoms with Gasteiger partial charge in [0.15, 0.2) is 10.3 Å². The molecule has 0 aliphatic carbocycles. The van der Waals surface area contributed by atoms with Crippen molar-refractivity contribution in [3.8, 4) is 0 Å². The fourth-order valence-corrected chi connectivity index (χ4v) is 2.73. The zero-order chi connectivity index (χ0) is 18.8. The summed E-state index contributed by atoms with van der Waals surface area (Å²) in [6.45, 7) is 7.77. The maximum absolute atomic E-state index is 5.87. The zero-order valence-electron chi connectivity index (χ0n) is 15.0. The van der Waals surface area contributed by atoms with Crippen LogP contribution in [0.4, 0.5) is 0 Å². The standard InChI is InChI=1S/2C10H9ClN2/c1-6-3-4-8-9(5-6)12-7(2)10(11)13-8;1-6-3-4-8-9(5-6)13-10(11)7(2)12-8/h2*3-5H,1-2H3. The molecule has 0 saturated heterocycles. The first kappa shape index (κ1) is 18.5. The van der Waals surface area contributed by atoms with E-state index >= 15 is 0 Å². The van der Waals surface area contributed by atoms with E-state index in [9.17, 15) is 0 Å². The number of fused-ring (bicyclic) bond motifs is 2. The van der Waals surface area contributed by atoms with Gasteiger partial charge < -0.3 is 0 Å².